The molecule has 0 amide bonds. The third-order valence-corrected chi connectivity index (χ3v) is 17.3. The summed E-state index contributed by atoms with van der Waals surface area (Å²) in [5.41, 5.74) is 28.5. The van der Waals surface area contributed by atoms with E-state index in [0.29, 0.717) is 0 Å². The zero-order chi connectivity index (χ0) is 56.9. The Balaban J connectivity index is 0.691. The van der Waals surface area contributed by atoms with Crippen LogP contribution in [0.4, 0.5) is 0 Å². The second kappa shape index (κ2) is 21.5. The van der Waals surface area contributed by atoms with Gasteiger partial charge in [0.2, 0.25) is 0 Å². The second-order valence-electron chi connectivity index (χ2n) is 22.5. The van der Waals surface area contributed by atoms with Gasteiger partial charge >= 0.3 is 0 Å². The van der Waals surface area contributed by atoms with E-state index in [-0.39, 0.29) is 0 Å². The molecule has 0 aliphatic heterocycles. The SMILES string of the molecule is c1ccc(-c2cc(-c3ccccc3)cc(-c3cccc(-c4ccc5c(c4)c4ccccc4n5-c4ccc(-c5ccc(-n6c7ccccc7c7cc(-c8cccc(-c9cc(-c%10ccccc%10)cc(-c%10ccccc%10)c9)c8)ccc76)cc5)cc4)c3)c2)cc1. The lowest BCUT2D eigenvalue weighted by Gasteiger charge is -2.13. The molecule has 16 rings (SSSR count). The number of hydrogen-bond donors (Lipinski definition) is 0. The molecule has 0 spiro atoms. The normalized spacial score (nSPS) is 11.5. The van der Waals surface area contributed by atoms with Crippen LogP contribution in [0.3, 0.4) is 0 Å². The highest BCUT2D eigenvalue weighted by atomic mass is 15.0. The van der Waals surface area contributed by atoms with Gasteiger partial charge in [0, 0.05) is 32.9 Å². The molecule has 402 valence electrons. The third kappa shape index (κ3) is 9.27. The first kappa shape index (κ1) is 50.4. The van der Waals surface area contributed by atoms with Gasteiger partial charge in [-0.1, -0.05) is 231 Å². The molecular formula is C84H56N2. The van der Waals surface area contributed by atoms with E-state index in [0.717, 1.165) is 11.4 Å². The Morgan fingerprint density at radius 3 is 0.686 bits per heavy atom. The van der Waals surface area contributed by atoms with Crippen LogP contribution in [0.25, 0.3) is 155 Å². The molecule has 0 atom stereocenters. The molecule has 2 nitrogen and oxygen atoms in total. The summed E-state index contributed by atoms with van der Waals surface area (Å²) in [6.07, 6.45) is 0. The van der Waals surface area contributed by atoms with Crippen molar-refractivity contribution in [2.75, 3.05) is 0 Å². The Bertz CT molecular complexity index is 4730. The highest BCUT2D eigenvalue weighted by molar-refractivity contribution is 6.12. The molecule has 0 aliphatic rings. The van der Waals surface area contributed by atoms with E-state index in [1.807, 2.05) is 0 Å². The van der Waals surface area contributed by atoms with E-state index in [9.17, 15) is 0 Å². The highest BCUT2D eigenvalue weighted by Crippen LogP contribution is 2.41. The maximum Gasteiger partial charge on any atom is 0.0541 e. The van der Waals surface area contributed by atoms with Crippen molar-refractivity contribution in [1.29, 1.82) is 0 Å². The predicted octanol–water partition coefficient (Wildman–Crippen LogP) is 22.9. The Labute approximate surface area is 501 Å². The summed E-state index contributed by atoms with van der Waals surface area (Å²) in [6.45, 7) is 0. The molecule has 0 radical (unpaired) electrons. The van der Waals surface area contributed by atoms with E-state index in [4.69, 9.17) is 0 Å². The number of rotatable bonds is 11. The Hall–Kier alpha value is -11.3. The molecule has 0 unspecified atom stereocenters. The summed E-state index contributed by atoms with van der Waals surface area (Å²) in [6, 6.07) is 124. The molecule has 86 heavy (non-hydrogen) atoms. The van der Waals surface area contributed by atoms with Crippen LogP contribution in [-0.4, -0.2) is 9.13 Å². The van der Waals surface area contributed by atoms with Crippen molar-refractivity contribution < 1.29 is 0 Å². The highest BCUT2D eigenvalue weighted by Gasteiger charge is 2.18. The lowest BCUT2D eigenvalue weighted by molar-refractivity contribution is 1.18. The van der Waals surface area contributed by atoms with Crippen molar-refractivity contribution >= 4 is 43.6 Å². The number of para-hydroxylation sites is 2. The molecular weight excluding hydrogens is 1040 g/mol. The van der Waals surface area contributed by atoms with E-state index < -0.39 is 0 Å². The molecule has 2 aromatic heterocycles. The summed E-state index contributed by atoms with van der Waals surface area (Å²) in [4.78, 5) is 0. The Morgan fingerprint density at radius 1 is 0.128 bits per heavy atom. The van der Waals surface area contributed by atoms with Crippen LogP contribution in [0.1, 0.15) is 0 Å². The molecule has 0 bridgehead atoms. The first-order valence-corrected chi connectivity index (χ1v) is 29.6. The van der Waals surface area contributed by atoms with Gasteiger partial charge in [0.15, 0.2) is 0 Å². The van der Waals surface area contributed by atoms with Crippen LogP contribution in [-0.2, 0) is 0 Å². The summed E-state index contributed by atoms with van der Waals surface area (Å²) in [5, 5.41) is 4.93. The molecule has 14 aromatic carbocycles. The first-order chi connectivity index (χ1) is 42.6. The molecule has 0 fully saturated rings. The number of fused-ring (bicyclic) bond motifs is 6. The van der Waals surface area contributed by atoms with E-state index >= 15 is 0 Å². The summed E-state index contributed by atoms with van der Waals surface area (Å²) in [5.74, 6) is 0. The number of hydrogen-bond acceptors (Lipinski definition) is 0. The average molecular weight is 1090 g/mol. The number of nitrogens with zero attached hydrogens (tertiary/aromatic N) is 2. The van der Waals surface area contributed by atoms with Crippen molar-refractivity contribution in [2.24, 2.45) is 0 Å². The molecule has 0 aliphatic carbocycles. The average Bonchev–Trinajstić information content (AvgIpc) is 1.93. The van der Waals surface area contributed by atoms with Crippen molar-refractivity contribution in [3.8, 4) is 112 Å². The summed E-state index contributed by atoms with van der Waals surface area (Å²) >= 11 is 0. The number of benzene rings is 14. The minimum absolute atomic E-state index is 1.13. The fraction of sp³-hybridized carbons (Fsp3) is 0. The second-order valence-corrected chi connectivity index (χ2v) is 22.5. The maximum atomic E-state index is 2.41. The van der Waals surface area contributed by atoms with Crippen LogP contribution in [0, 0.1) is 0 Å². The summed E-state index contributed by atoms with van der Waals surface area (Å²) < 4.78 is 4.82. The largest absolute Gasteiger partial charge is 0.309 e. The minimum Gasteiger partial charge on any atom is -0.309 e. The molecule has 0 saturated heterocycles. The van der Waals surface area contributed by atoms with Gasteiger partial charge in [-0.25, -0.2) is 0 Å². The molecule has 2 heterocycles. The van der Waals surface area contributed by atoms with Gasteiger partial charge < -0.3 is 9.13 Å². The topological polar surface area (TPSA) is 9.86 Å². The molecule has 16 aromatic rings. The fourth-order valence-electron chi connectivity index (χ4n) is 13.0. The first-order valence-electron chi connectivity index (χ1n) is 29.6. The zero-order valence-electron chi connectivity index (χ0n) is 47.2. The van der Waals surface area contributed by atoms with Crippen LogP contribution < -0.4 is 0 Å². The molecule has 0 saturated carbocycles. The van der Waals surface area contributed by atoms with E-state index in [1.54, 1.807) is 0 Å². The number of aromatic nitrogens is 2. The van der Waals surface area contributed by atoms with Crippen molar-refractivity contribution in [3.63, 3.8) is 0 Å². The van der Waals surface area contributed by atoms with Gasteiger partial charge in [0.25, 0.3) is 0 Å². The van der Waals surface area contributed by atoms with Crippen molar-refractivity contribution in [1.82, 2.24) is 9.13 Å². The van der Waals surface area contributed by atoms with Crippen LogP contribution >= 0.6 is 0 Å². The van der Waals surface area contributed by atoms with Crippen molar-refractivity contribution in [3.05, 3.63) is 340 Å². The molecule has 2 heteroatoms. The van der Waals surface area contributed by atoms with Crippen LogP contribution in [0.5, 0.6) is 0 Å². The van der Waals surface area contributed by atoms with Gasteiger partial charge in [0.1, 0.15) is 0 Å². The zero-order valence-corrected chi connectivity index (χ0v) is 47.2. The van der Waals surface area contributed by atoms with Gasteiger partial charge in [-0.3, -0.25) is 0 Å². The Kier molecular flexibility index (Phi) is 12.6. The van der Waals surface area contributed by atoms with Gasteiger partial charge in [-0.2, -0.15) is 0 Å². The monoisotopic (exact) mass is 1090 g/mol. The smallest absolute Gasteiger partial charge is 0.0541 e. The van der Waals surface area contributed by atoms with Gasteiger partial charge in [-0.15, -0.1) is 0 Å². The standard InChI is InChI=1S/C84H56N2/c1-5-19-57(20-6-1)69-49-70(58-21-7-2-8-22-58)52-73(51-69)65-29-17-27-63(47-65)67-39-45-83-79(55-67)77-31-13-15-33-81(77)85(83)75-41-35-61(36-42-75)62-37-43-76(44-38-62)86-82-34-16-14-32-78(82)80-56-68(40-46-84(80)86)64-28-18-30-66(48-64)74-53-71(59-23-9-3-10-24-59)50-72(54-74)60-25-11-4-12-26-60/h1-56H. The predicted molar refractivity (Wildman–Crippen MR) is 364 cm³/mol. The van der Waals surface area contributed by atoms with E-state index in [2.05, 4.69) is 349 Å². The third-order valence-electron chi connectivity index (χ3n) is 17.3. The maximum absolute atomic E-state index is 2.41. The van der Waals surface area contributed by atoms with Gasteiger partial charge in [-0.05, 0) is 209 Å². The van der Waals surface area contributed by atoms with Crippen molar-refractivity contribution in [2.45, 2.75) is 0 Å². The fourth-order valence-corrected chi connectivity index (χ4v) is 13.0. The van der Waals surface area contributed by atoms with Crippen LogP contribution in [0.15, 0.2) is 340 Å². The van der Waals surface area contributed by atoms with Gasteiger partial charge in [0.05, 0.1) is 22.1 Å². The lowest BCUT2D eigenvalue weighted by Crippen LogP contribution is -1.95. The Morgan fingerprint density at radius 2 is 0.349 bits per heavy atom. The summed E-state index contributed by atoms with van der Waals surface area (Å²) in [7, 11) is 0. The molecule has 0 N–H and O–H groups in total. The van der Waals surface area contributed by atoms with E-state index in [1.165, 1.54) is 144 Å². The quantitative estimate of drug-likeness (QED) is 0.122. The lowest BCUT2D eigenvalue weighted by atomic mass is 9.92. The minimum atomic E-state index is 1.13. The van der Waals surface area contributed by atoms with Crippen LogP contribution in [0.2, 0.25) is 0 Å².